The molecule has 0 saturated carbocycles. The maximum Gasteiger partial charge on any atom is 0.328 e. The lowest BCUT2D eigenvalue weighted by molar-refractivity contribution is -0.145. The molecule has 6 nitrogen and oxygen atoms in total. The molecule has 1 N–H and O–H groups in total. The van der Waals surface area contributed by atoms with Gasteiger partial charge in [-0.3, -0.25) is 9.00 Å². The molecule has 2 atom stereocenters. The van der Waals surface area contributed by atoms with Crippen LogP contribution in [0.5, 0.6) is 0 Å². The van der Waals surface area contributed by atoms with Crippen molar-refractivity contribution in [3.05, 3.63) is 30.3 Å². The van der Waals surface area contributed by atoms with Crippen molar-refractivity contribution >= 4 is 22.7 Å². The first kappa shape index (κ1) is 17.3. The number of benzene rings is 1. The second-order valence-electron chi connectivity index (χ2n) is 4.23. The van der Waals surface area contributed by atoms with E-state index in [0.717, 1.165) is 0 Å². The van der Waals surface area contributed by atoms with Crippen molar-refractivity contribution in [3.8, 4) is 0 Å². The molecule has 0 saturated heterocycles. The van der Waals surface area contributed by atoms with Gasteiger partial charge in [-0.1, -0.05) is 18.2 Å². The van der Waals surface area contributed by atoms with Gasteiger partial charge in [0.2, 0.25) is 5.91 Å². The molecule has 0 unspecified atom stereocenters. The van der Waals surface area contributed by atoms with E-state index in [1.165, 1.54) is 14.2 Å². The second-order valence-corrected chi connectivity index (χ2v) is 5.80. The first-order chi connectivity index (χ1) is 10.1. The molecule has 0 spiro atoms. The minimum atomic E-state index is -1.23. The van der Waals surface area contributed by atoms with Crippen LogP contribution in [0.4, 0.5) is 0 Å². The Labute approximate surface area is 126 Å². The van der Waals surface area contributed by atoms with Crippen LogP contribution in [0.1, 0.15) is 6.42 Å². The summed E-state index contributed by atoms with van der Waals surface area (Å²) >= 11 is 0. The highest BCUT2D eigenvalue weighted by Crippen LogP contribution is 2.08. The Morgan fingerprint density at radius 3 is 2.48 bits per heavy atom. The van der Waals surface area contributed by atoms with Crippen LogP contribution in [0.2, 0.25) is 0 Å². The molecular weight excluding hydrogens is 294 g/mol. The summed E-state index contributed by atoms with van der Waals surface area (Å²) in [7, 11) is 1.40. The average molecular weight is 313 g/mol. The minimum absolute atomic E-state index is 0.144. The van der Waals surface area contributed by atoms with Gasteiger partial charge in [0, 0.05) is 17.8 Å². The number of rotatable bonds is 8. The first-order valence-electron chi connectivity index (χ1n) is 6.38. The Bertz CT molecular complexity index is 491. The average Bonchev–Trinajstić information content (AvgIpc) is 2.51. The van der Waals surface area contributed by atoms with Crippen LogP contribution in [-0.2, 0) is 29.9 Å². The Hall–Kier alpha value is -1.73. The smallest absolute Gasteiger partial charge is 0.328 e. The van der Waals surface area contributed by atoms with Crippen molar-refractivity contribution in [2.45, 2.75) is 17.4 Å². The molecule has 0 radical (unpaired) electrons. The van der Waals surface area contributed by atoms with E-state index in [-0.39, 0.29) is 18.8 Å². The van der Waals surface area contributed by atoms with Gasteiger partial charge in [0.05, 0.1) is 17.9 Å². The van der Waals surface area contributed by atoms with Crippen LogP contribution in [0.3, 0.4) is 0 Å². The summed E-state index contributed by atoms with van der Waals surface area (Å²) in [5.74, 6) is -0.736. The summed E-state index contributed by atoms with van der Waals surface area (Å²) in [6, 6.07) is 8.12. The van der Waals surface area contributed by atoms with E-state index in [1.54, 1.807) is 24.3 Å². The Morgan fingerprint density at radius 2 is 1.90 bits per heavy atom. The van der Waals surface area contributed by atoms with Gasteiger partial charge in [0.1, 0.15) is 12.6 Å². The number of nitrogens with one attached hydrogen (secondary N) is 1. The molecular formula is C14H19NO5S. The van der Waals surface area contributed by atoms with Crippen LogP contribution < -0.4 is 5.32 Å². The van der Waals surface area contributed by atoms with Crippen molar-refractivity contribution in [1.82, 2.24) is 5.32 Å². The van der Waals surface area contributed by atoms with E-state index in [9.17, 15) is 13.8 Å². The summed E-state index contributed by atoms with van der Waals surface area (Å²) in [5, 5.41) is 2.50. The van der Waals surface area contributed by atoms with Crippen LogP contribution in [0.25, 0.3) is 0 Å². The highest BCUT2D eigenvalue weighted by Gasteiger charge is 2.22. The number of hydrogen-bond acceptors (Lipinski definition) is 5. The Kier molecular flexibility index (Phi) is 7.63. The fourth-order valence-corrected chi connectivity index (χ4v) is 2.82. The number of carbonyl (C=O) groups is 2. The van der Waals surface area contributed by atoms with Crippen LogP contribution in [0, 0.1) is 0 Å². The van der Waals surface area contributed by atoms with Gasteiger partial charge in [-0.05, 0) is 18.6 Å². The van der Waals surface area contributed by atoms with E-state index < -0.39 is 28.7 Å². The van der Waals surface area contributed by atoms with Crippen molar-refractivity contribution in [2.24, 2.45) is 0 Å². The van der Waals surface area contributed by atoms with E-state index in [1.807, 2.05) is 6.07 Å². The molecule has 0 aliphatic heterocycles. The van der Waals surface area contributed by atoms with E-state index in [2.05, 4.69) is 14.8 Å². The highest BCUT2D eigenvalue weighted by molar-refractivity contribution is 7.85. The van der Waals surface area contributed by atoms with E-state index in [0.29, 0.717) is 4.90 Å². The zero-order valence-corrected chi connectivity index (χ0v) is 12.9. The summed E-state index contributed by atoms with van der Waals surface area (Å²) in [6.45, 7) is -0.144. The van der Waals surface area contributed by atoms with Gasteiger partial charge in [-0.25, -0.2) is 4.79 Å². The fraction of sp³-hybridized carbons (Fsp3) is 0.429. The maximum absolute atomic E-state index is 12.1. The third-order valence-electron chi connectivity index (χ3n) is 2.69. The van der Waals surface area contributed by atoms with Crippen LogP contribution in [-0.4, -0.2) is 48.7 Å². The molecule has 1 amide bonds. The summed E-state index contributed by atoms with van der Waals surface area (Å²) < 4.78 is 21.4. The SMILES string of the molecule is COCC(=O)N[C@@H](CC[S@](=O)c1ccccc1)C(=O)OC. The van der Waals surface area contributed by atoms with Gasteiger partial charge in [0.15, 0.2) is 0 Å². The largest absolute Gasteiger partial charge is 0.467 e. The molecule has 1 aromatic rings. The zero-order chi connectivity index (χ0) is 15.7. The van der Waals surface area contributed by atoms with Crippen LogP contribution >= 0.6 is 0 Å². The second kappa shape index (κ2) is 9.25. The number of methoxy groups -OCH3 is 2. The number of amides is 1. The van der Waals surface area contributed by atoms with Crippen LogP contribution in [0.15, 0.2) is 35.2 Å². The first-order valence-corrected chi connectivity index (χ1v) is 7.70. The van der Waals surface area contributed by atoms with Gasteiger partial charge in [-0.15, -0.1) is 0 Å². The molecule has 0 heterocycles. The zero-order valence-electron chi connectivity index (χ0n) is 12.0. The van der Waals surface area contributed by atoms with Gasteiger partial charge >= 0.3 is 5.97 Å². The monoisotopic (exact) mass is 313 g/mol. The molecule has 0 bridgehead atoms. The molecule has 0 aliphatic rings. The van der Waals surface area contributed by atoms with E-state index >= 15 is 0 Å². The molecule has 1 aromatic carbocycles. The molecule has 21 heavy (non-hydrogen) atoms. The number of hydrogen-bond donors (Lipinski definition) is 1. The Morgan fingerprint density at radius 1 is 1.24 bits per heavy atom. The van der Waals surface area contributed by atoms with Gasteiger partial charge < -0.3 is 14.8 Å². The normalized spacial score (nSPS) is 13.2. The predicted octanol–water partition coefficient (Wildman–Crippen LogP) is 0.488. The summed E-state index contributed by atoms with van der Waals surface area (Å²) in [6.07, 6.45) is 0.226. The molecule has 7 heteroatoms. The van der Waals surface area contributed by atoms with E-state index in [4.69, 9.17) is 0 Å². The molecule has 0 fully saturated rings. The molecule has 1 rings (SSSR count). The molecule has 116 valence electrons. The summed E-state index contributed by atoms with van der Waals surface area (Å²) in [5.41, 5.74) is 0. The van der Waals surface area contributed by atoms with Crippen molar-refractivity contribution in [3.63, 3.8) is 0 Å². The standard InChI is InChI=1S/C14H19NO5S/c1-19-10-13(16)15-12(14(17)20-2)8-9-21(18)11-6-4-3-5-7-11/h3-7,12H,8-10H2,1-2H3,(H,15,16)/t12-,21-/m0/s1. The third kappa shape index (κ3) is 6.05. The fourth-order valence-electron chi connectivity index (χ4n) is 1.67. The van der Waals surface area contributed by atoms with Crippen molar-refractivity contribution < 1.29 is 23.3 Å². The molecule has 0 aliphatic carbocycles. The number of carbonyl (C=O) groups excluding carboxylic acids is 2. The number of ether oxygens (including phenoxy) is 2. The Balaban J connectivity index is 2.59. The topological polar surface area (TPSA) is 81.7 Å². The van der Waals surface area contributed by atoms with Crippen molar-refractivity contribution in [2.75, 3.05) is 26.6 Å². The minimum Gasteiger partial charge on any atom is -0.467 e. The molecule has 0 aromatic heterocycles. The summed E-state index contributed by atoms with van der Waals surface area (Å²) in [4.78, 5) is 23.8. The number of esters is 1. The lowest BCUT2D eigenvalue weighted by Crippen LogP contribution is -2.43. The lowest BCUT2D eigenvalue weighted by atomic mass is 10.2. The van der Waals surface area contributed by atoms with Gasteiger partial charge in [-0.2, -0.15) is 0 Å². The highest BCUT2D eigenvalue weighted by atomic mass is 32.2. The lowest BCUT2D eigenvalue weighted by Gasteiger charge is -2.16. The third-order valence-corrected chi connectivity index (χ3v) is 4.10. The maximum atomic E-state index is 12.1. The van der Waals surface area contributed by atoms with Gasteiger partial charge in [0.25, 0.3) is 0 Å². The quantitative estimate of drug-likeness (QED) is 0.706. The van der Waals surface area contributed by atoms with Crippen molar-refractivity contribution in [1.29, 1.82) is 0 Å². The predicted molar refractivity (Wildman–Crippen MR) is 78.2 cm³/mol.